The van der Waals surface area contributed by atoms with E-state index in [2.05, 4.69) is 6.92 Å². The Hall–Kier alpha value is -2.06. The van der Waals surface area contributed by atoms with Crippen molar-refractivity contribution in [2.75, 3.05) is 0 Å². The van der Waals surface area contributed by atoms with Crippen LogP contribution in [0.15, 0.2) is 36.4 Å². The number of rotatable bonds is 3. The number of hydrogen-bond acceptors (Lipinski definition) is 3. The summed E-state index contributed by atoms with van der Waals surface area (Å²) in [6, 6.07) is 8.35. The summed E-state index contributed by atoms with van der Waals surface area (Å²) in [6.45, 7) is 2.13. The first-order valence-corrected chi connectivity index (χ1v) is 9.56. The first kappa shape index (κ1) is 22.2. The van der Waals surface area contributed by atoms with Gasteiger partial charge < -0.3 is 5.73 Å². The molecule has 2 saturated carbocycles. The van der Waals surface area contributed by atoms with Crippen molar-refractivity contribution in [3.8, 4) is 0 Å². The molecule has 2 aromatic carbocycles. The van der Waals surface area contributed by atoms with Crippen LogP contribution in [-0.2, 0) is 11.6 Å². The summed E-state index contributed by atoms with van der Waals surface area (Å²) in [7, 11) is 0. The van der Waals surface area contributed by atoms with Crippen molar-refractivity contribution < 1.29 is 26.0 Å². The average Bonchev–Trinajstić information content (AvgIpc) is 3.57. The Labute approximate surface area is 164 Å². The summed E-state index contributed by atoms with van der Waals surface area (Å²) in [4.78, 5) is 0. The van der Waals surface area contributed by atoms with Gasteiger partial charge in [0, 0.05) is 12.0 Å². The Kier molecular flexibility index (Phi) is 7.88. The van der Waals surface area contributed by atoms with Crippen LogP contribution in [0.4, 0.5) is 17.6 Å². The molecule has 2 aromatic rings. The van der Waals surface area contributed by atoms with Gasteiger partial charge in [0.2, 0.25) is 0 Å². The molecule has 0 bridgehead atoms. The molecule has 2 aliphatic rings. The SMILES string of the molecule is CC[C@@H]1C[C@H]1c1ccc(F)c(F)c1.N[C@@H]1C[C@H]1c1ccc(F)c(F)c1.O=S=O. The third kappa shape index (κ3) is 5.97. The number of halogens is 4. The molecule has 28 heavy (non-hydrogen) atoms. The molecule has 0 heterocycles. The Morgan fingerprint density at radius 1 is 0.857 bits per heavy atom. The van der Waals surface area contributed by atoms with Crippen LogP contribution in [0.1, 0.15) is 49.1 Å². The molecular weight excluding hydrogens is 394 g/mol. The van der Waals surface area contributed by atoms with Gasteiger partial charge in [-0.2, -0.15) is 8.42 Å². The van der Waals surface area contributed by atoms with Gasteiger partial charge in [0.1, 0.15) is 0 Å². The van der Waals surface area contributed by atoms with Crippen LogP contribution in [0.2, 0.25) is 0 Å². The van der Waals surface area contributed by atoms with Crippen molar-refractivity contribution in [2.24, 2.45) is 11.7 Å². The maximum Gasteiger partial charge on any atom is 0.335 e. The highest BCUT2D eigenvalue weighted by atomic mass is 32.1. The maximum absolute atomic E-state index is 12.8. The maximum atomic E-state index is 12.8. The third-order valence-electron chi connectivity index (χ3n) is 5.03. The molecule has 2 fully saturated rings. The van der Waals surface area contributed by atoms with Gasteiger partial charge in [0.05, 0.1) is 0 Å². The summed E-state index contributed by atoms with van der Waals surface area (Å²) < 4.78 is 67.1. The van der Waals surface area contributed by atoms with E-state index in [4.69, 9.17) is 14.2 Å². The topological polar surface area (TPSA) is 60.2 Å². The summed E-state index contributed by atoms with van der Waals surface area (Å²) in [5.41, 5.74) is 7.33. The fourth-order valence-corrected chi connectivity index (χ4v) is 3.19. The van der Waals surface area contributed by atoms with Gasteiger partial charge in [-0.1, -0.05) is 25.5 Å². The van der Waals surface area contributed by atoms with E-state index in [1.54, 1.807) is 12.1 Å². The summed E-state index contributed by atoms with van der Waals surface area (Å²) in [6.07, 6.45) is 3.14. The van der Waals surface area contributed by atoms with E-state index in [0.717, 1.165) is 36.5 Å². The fourth-order valence-electron chi connectivity index (χ4n) is 3.19. The van der Waals surface area contributed by atoms with Crippen molar-refractivity contribution in [3.05, 3.63) is 70.8 Å². The minimum absolute atomic E-state index is 0.134. The molecule has 0 radical (unpaired) electrons. The van der Waals surface area contributed by atoms with Gasteiger partial charge in [-0.05, 0) is 60.1 Å². The highest BCUT2D eigenvalue weighted by Gasteiger charge is 2.36. The highest BCUT2D eigenvalue weighted by molar-refractivity contribution is 7.51. The van der Waals surface area contributed by atoms with Gasteiger partial charge in [-0.3, -0.25) is 0 Å². The fraction of sp³-hybridized carbons (Fsp3) is 0.400. The van der Waals surface area contributed by atoms with E-state index in [9.17, 15) is 17.6 Å². The molecule has 0 unspecified atom stereocenters. The minimum Gasteiger partial charge on any atom is -0.327 e. The van der Waals surface area contributed by atoms with Crippen LogP contribution in [0, 0.1) is 29.2 Å². The Bertz CT molecular complexity index is 858. The standard InChI is InChI=1S/C11H12F2.C9H9F2N.O2S/c1-2-7-5-9(7)8-3-4-10(12)11(13)6-8;10-7-2-1-5(3-8(7)11)6-4-9(6)12;1-3-2/h3-4,6-7,9H,2,5H2,1H3;1-3,6,9H,4,12H2;/t7-,9-;6-,9+;/m10./s1. The molecule has 152 valence electrons. The normalized spacial score (nSPS) is 24.2. The predicted molar refractivity (Wildman–Crippen MR) is 98.1 cm³/mol. The largest absolute Gasteiger partial charge is 0.335 e. The van der Waals surface area contributed by atoms with E-state index < -0.39 is 34.8 Å². The van der Waals surface area contributed by atoms with Crippen molar-refractivity contribution in [3.63, 3.8) is 0 Å². The second-order valence-electron chi connectivity index (χ2n) is 6.93. The molecular formula is C20H21F4NO2S. The number of hydrogen-bond donors (Lipinski definition) is 1. The average molecular weight is 415 g/mol. The monoisotopic (exact) mass is 415 g/mol. The third-order valence-corrected chi connectivity index (χ3v) is 5.03. The Morgan fingerprint density at radius 2 is 1.29 bits per heavy atom. The molecule has 2 N–H and O–H groups in total. The smallest absolute Gasteiger partial charge is 0.327 e. The molecule has 8 heteroatoms. The van der Waals surface area contributed by atoms with E-state index >= 15 is 0 Å². The van der Waals surface area contributed by atoms with Crippen LogP contribution in [-0.4, -0.2) is 14.5 Å². The van der Waals surface area contributed by atoms with Crippen molar-refractivity contribution in [1.29, 1.82) is 0 Å². The molecule has 2 aliphatic carbocycles. The summed E-state index contributed by atoms with van der Waals surface area (Å²) >= 11 is -0.750. The van der Waals surface area contributed by atoms with E-state index in [-0.39, 0.29) is 12.0 Å². The molecule has 0 spiro atoms. The van der Waals surface area contributed by atoms with E-state index in [1.165, 1.54) is 18.2 Å². The second kappa shape index (κ2) is 9.93. The second-order valence-corrected chi connectivity index (χ2v) is 7.07. The summed E-state index contributed by atoms with van der Waals surface area (Å²) in [5.74, 6) is -1.67. The first-order chi connectivity index (χ1) is 13.3. The quantitative estimate of drug-likeness (QED) is 0.746. The van der Waals surface area contributed by atoms with Gasteiger partial charge in [-0.25, -0.2) is 17.6 Å². The van der Waals surface area contributed by atoms with Gasteiger partial charge in [0.15, 0.2) is 23.3 Å². The molecule has 4 atom stereocenters. The minimum atomic E-state index is -0.798. The van der Waals surface area contributed by atoms with Crippen molar-refractivity contribution in [2.45, 2.75) is 44.1 Å². The van der Waals surface area contributed by atoms with Crippen LogP contribution in [0.5, 0.6) is 0 Å². The van der Waals surface area contributed by atoms with Crippen LogP contribution >= 0.6 is 0 Å². The lowest BCUT2D eigenvalue weighted by Gasteiger charge is -1.99. The lowest BCUT2D eigenvalue weighted by atomic mass is 10.1. The predicted octanol–water partition coefficient (Wildman–Crippen LogP) is 4.59. The van der Waals surface area contributed by atoms with Crippen molar-refractivity contribution in [1.82, 2.24) is 0 Å². The molecule has 0 amide bonds. The van der Waals surface area contributed by atoms with Gasteiger partial charge in [0.25, 0.3) is 0 Å². The first-order valence-electron chi connectivity index (χ1n) is 8.89. The van der Waals surface area contributed by atoms with E-state index in [1.807, 2.05) is 0 Å². The molecule has 0 saturated heterocycles. The van der Waals surface area contributed by atoms with Gasteiger partial charge in [-0.15, -0.1) is 0 Å². The number of nitrogens with two attached hydrogens (primary N) is 1. The molecule has 0 aromatic heterocycles. The van der Waals surface area contributed by atoms with Crippen LogP contribution < -0.4 is 5.73 Å². The Morgan fingerprint density at radius 3 is 1.61 bits per heavy atom. The number of benzene rings is 2. The molecule has 0 aliphatic heterocycles. The lowest BCUT2D eigenvalue weighted by Crippen LogP contribution is -2.01. The van der Waals surface area contributed by atoms with Crippen molar-refractivity contribution >= 4 is 11.6 Å². The molecule has 4 rings (SSSR count). The van der Waals surface area contributed by atoms with Crippen LogP contribution in [0.3, 0.4) is 0 Å². The van der Waals surface area contributed by atoms with Gasteiger partial charge >= 0.3 is 11.6 Å². The Balaban J connectivity index is 0.000000176. The summed E-state index contributed by atoms with van der Waals surface area (Å²) in [5, 5.41) is 0. The zero-order valence-corrected chi connectivity index (χ0v) is 16.0. The highest BCUT2D eigenvalue weighted by Crippen LogP contribution is 2.49. The lowest BCUT2D eigenvalue weighted by molar-refractivity contribution is 0.507. The van der Waals surface area contributed by atoms with E-state index in [0.29, 0.717) is 11.8 Å². The zero-order valence-electron chi connectivity index (χ0n) is 15.2. The zero-order chi connectivity index (χ0) is 20.8. The molecule has 3 nitrogen and oxygen atoms in total. The van der Waals surface area contributed by atoms with Crippen LogP contribution in [0.25, 0.3) is 0 Å².